The number of piperidine rings is 1. The average molecular weight is 492 g/mol. The zero-order valence-corrected chi connectivity index (χ0v) is 20.0. The van der Waals surface area contributed by atoms with Crippen LogP contribution in [-0.4, -0.2) is 43.8 Å². The molecule has 0 spiro atoms. The SMILES string of the molecule is COc1ccc(S(=O)(=O)N2CCCC(C(=O)Nc3ccc(-c4nc5ccccc5o4)cc3)C2)cc1. The van der Waals surface area contributed by atoms with Gasteiger partial charge in [-0.15, -0.1) is 0 Å². The van der Waals surface area contributed by atoms with Gasteiger partial charge < -0.3 is 14.5 Å². The molecule has 1 aliphatic rings. The van der Waals surface area contributed by atoms with E-state index < -0.39 is 15.9 Å². The van der Waals surface area contributed by atoms with E-state index in [1.807, 2.05) is 36.4 Å². The summed E-state index contributed by atoms with van der Waals surface area (Å²) in [6, 6.07) is 21.1. The predicted octanol–water partition coefficient (Wildman–Crippen LogP) is 4.54. The molecule has 9 heteroatoms. The second kappa shape index (κ2) is 9.52. The van der Waals surface area contributed by atoms with E-state index in [0.29, 0.717) is 42.3 Å². The fourth-order valence-electron chi connectivity index (χ4n) is 4.21. The fraction of sp³-hybridized carbons (Fsp3) is 0.231. The number of rotatable bonds is 6. The lowest BCUT2D eigenvalue weighted by atomic mass is 9.98. The zero-order chi connectivity index (χ0) is 24.4. The largest absolute Gasteiger partial charge is 0.497 e. The quantitative estimate of drug-likeness (QED) is 0.425. The van der Waals surface area contributed by atoms with Crippen molar-refractivity contribution in [3.05, 3.63) is 72.8 Å². The Morgan fingerprint density at radius 2 is 1.80 bits per heavy atom. The summed E-state index contributed by atoms with van der Waals surface area (Å²) < 4.78 is 38.5. The number of nitrogens with one attached hydrogen (secondary N) is 1. The van der Waals surface area contributed by atoms with Crippen LogP contribution in [0.4, 0.5) is 5.69 Å². The van der Waals surface area contributed by atoms with Crippen molar-refractivity contribution in [3.63, 3.8) is 0 Å². The van der Waals surface area contributed by atoms with Crippen LogP contribution in [0.5, 0.6) is 5.75 Å². The second-order valence-electron chi connectivity index (χ2n) is 8.43. The molecule has 3 aromatic carbocycles. The van der Waals surface area contributed by atoms with Crippen molar-refractivity contribution in [3.8, 4) is 17.2 Å². The van der Waals surface area contributed by atoms with Crippen LogP contribution in [0.25, 0.3) is 22.6 Å². The van der Waals surface area contributed by atoms with Gasteiger partial charge in [0.05, 0.1) is 17.9 Å². The van der Waals surface area contributed by atoms with Crippen LogP contribution in [0.15, 0.2) is 82.1 Å². The molecule has 1 amide bonds. The summed E-state index contributed by atoms with van der Waals surface area (Å²) in [4.78, 5) is 17.6. The van der Waals surface area contributed by atoms with Crippen LogP contribution in [0, 0.1) is 5.92 Å². The predicted molar refractivity (Wildman–Crippen MR) is 133 cm³/mol. The first-order chi connectivity index (χ1) is 16.9. The van der Waals surface area contributed by atoms with Gasteiger partial charge in [0.25, 0.3) is 0 Å². The monoisotopic (exact) mass is 491 g/mol. The minimum Gasteiger partial charge on any atom is -0.497 e. The van der Waals surface area contributed by atoms with Crippen molar-refractivity contribution in [1.82, 2.24) is 9.29 Å². The summed E-state index contributed by atoms with van der Waals surface area (Å²) in [6.07, 6.45) is 1.24. The molecule has 35 heavy (non-hydrogen) atoms. The average Bonchev–Trinajstić information content (AvgIpc) is 3.33. The van der Waals surface area contributed by atoms with Gasteiger partial charge in [0.15, 0.2) is 5.58 Å². The maximum absolute atomic E-state index is 13.1. The lowest BCUT2D eigenvalue weighted by Crippen LogP contribution is -2.43. The molecule has 1 saturated heterocycles. The highest BCUT2D eigenvalue weighted by atomic mass is 32.2. The van der Waals surface area contributed by atoms with Gasteiger partial charge in [0.2, 0.25) is 21.8 Å². The Labute approximate surface area is 203 Å². The van der Waals surface area contributed by atoms with Crippen LogP contribution < -0.4 is 10.1 Å². The molecule has 5 rings (SSSR count). The van der Waals surface area contributed by atoms with Gasteiger partial charge in [-0.2, -0.15) is 4.31 Å². The number of oxazole rings is 1. The van der Waals surface area contributed by atoms with Crippen molar-refractivity contribution < 1.29 is 22.4 Å². The number of fused-ring (bicyclic) bond motifs is 1. The maximum Gasteiger partial charge on any atom is 0.243 e. The standard InChI is InChI=1S/C26H25N3O5S/c1-33-21-12-14-22(15-13-21)35(31,32)29-16-4-5-19(17-29)25(30)27-20-10-8-18(9-11-20)26-28-23-6-2-3-7-24(23)34-26/h2-3,6-15,19H,4-5,16-17H2,1H3,(H,27,30). The molecule has 180 valence electrons. The number of hydrogen-bond acceptors (Lipinski definition) is 6. The van der Waals surface area contributed by atoms with Gasteiger partial charge in [-0.3, -0.25) is 4.79 Å². The van der Waals surface area contributed by atoms with Gasteiger partial charge in [-0.25, -0.2) is 13.4 Å². The van der Waals surface area contributed by atoms with E-state index in [-0.39, 0.29) is 17.3 Å². The normalized spacial score (nSPS) is 16.8. The molecule has 1 aromatic heterocycles. The van der Waals surface area contributed by atoms with Crippen LogP contribution in [-0.2, 0) is 14.8 Å². The molecule has 0 radical (unpaired) electrons. The summed E-state index contributed by atoms with van der Waals surface area (Å²) in [6.45, 7) is 0.526. The van der Waals surface area contributed by atoms with Crippen LogP contribution in [0.3, 0.4) is 0 Å². The molecule has 4 aromatic rings. The Kier molecular flexibility index (Phi) is 6.27. The molecule has 0 saturated carbocycles. The lowest BCUT2D eigenvalue weighted by molar-refractivity contribution is -0.120. The zero-order valence-electron chi connectivity index (χ0n) is 19.2. The van der Waals surface area contributed by atoms with E-state index in [4.69, 9.17) is 9.15 Å². The van der Waals surface area contributed by atoms with Crippen molar-refractivity contribution in [2.24, 2.45) is 5.92 Å². The van der Waals surface area contributed by atoms with E-state index in [9.17, 15) is 13.2 Å². The Hall–Kier alpha value is -3.69. The first-order valence-electron chi connectivity index (χ1n) is 11.3. The Bertz CT molecular complexity index is 1410. The third-order valence-corrected chi connectivity index (χ3v) is 8.02. The van der Waals surface area contributed by atoms with Crippen LogP contribution in [0.1, 0.15) is 12.8 Å². The number of hydrogen-bond donors (Lipinski definition) is 1. The number of methoxy groups -OCH3 is 1. The number of ether oxygens (including phenoxy) is 1. The smallest absolute Gasteiger partial charge is 0.243 e. The molecule has 1 atom stereocenters. The maximum atomic E-state index is 13.1. The summed E-state index contributed by atoms with van der Waals surface area (Å²) in [5.41, 5.74) is 2.93. The number of anilines is 1. The van der Waals surface area contributed by atoms with Crippen molar-refractivity contribution in [1.29, 1.82) is 0 Å². The van der Waals surface area contributed by atoms with E-state index in [2.05, 4.69) is 10.3 Å². The van der Waals surface area contributed by atoms with Gasteiger partial charge in [0.1, 0.15) is 11.3 Å². The minimum atomic E-state index is -3.69. The van der Waals surface area contributed by atoms with E-state index in [1.165, 1.54) is 23.5 Å². The van der Waals surface area contributed by atoms with Gasteiger partial charge >= 0.3 is 0 Å². The van der Waals surface area contributed by atoms with E-state index in [0.717, 1.165) is 11.1 Å². The molecule has 1 aliphatic heterocycles. The fourth-order valence-corrected chi connectivity index (χ4v) is 5.73. The summed E-state index contributed by atoms with van der Waals surface area (Å²) in [5.74, 6) is 0.459. The van der Waals surface area contributed by atoms with E-state index in [1.54, 1.807) is 24.3 Å². The number of para-hydroxylation sites is 2. The number of carbonyl (C=O) groups is 1. The second-order valence-corrected chi connectivity index (χ2v) is 10.4. The van der Waals surface area contributed by atoms with Gasteiger partial charge in [-0.1, -0.05) is 12.1 Å². The van der Waals surface area contributed by atoms with Crippen LogP contribution >= 0.6 is 0 Å². The highest BCUT2D eigenvalue weighted by Crippen LogP contribution is 2.28. The lowest BCUT2D eigenvalue weighted by Gasteiger charge is -2.31. The number of carbonyl (C=O) groups excluding carboxylic acids is 1. The Balaban J connectivity index is 1.25. The number of nitrogens with zero attached hydrogens (tertiary/aromatic N) is 2. The molecule has 1 N–H and O–H groups in total. The highest BCUT2D eigenvalue weighted by molar-refractivity contribution is 7.89. The van der Waals surface area contributed by atoms with Crippen molar-refractivity contribution in [2.75, 3.05) is 25.5 Å². The van der Waals surface area contributed by atoms with E-state index >= 15 is 0 Å². The topological polar surface area (TPSA) is 102 Å². The Morgan fingerprint density at radius 3 is 2.51 bits per heavy atom. The minimum absolute atomic E-state index is 0.140. The first-order valence-corrected chi connectivity index (χ1v) is 12.8. The third kappa shape index (κ3) is 4.78. The molecule has 0 bridgehead atoms. The van der Waals surface area contributed by atoms with Crippen LogP contribution in [0.2, 0.25) is 0 Å². The number of aromatic nitrogens is 1. The molecule has 2 heterocycles. The molecule has 8 nitrogen and oxygen atoms in total. The highest BCUT2D eigenvalue weighted by Gasteiger charge is 2.33. The molecular weight excluding hydrogens is 466 g/mol. The first kappa shape index (κ1) is 23.1. The van der Waals surface area contributed by atoms with Gasteiger partial charge in [-0.05, 0) is 73.5 Å². The Morgan fingerprint density at radius 1 is 1.06 bits per heavy atom. The third-order valence-electron chi connectivity index (χ3n) is 6.15. The number of benzene rings is 3. The van der Waals surface area contributed by atoms with Crippen molar-refractivity contribution >= 4 is 32.7 Å². The molecule has 0 aliphatic carbocycles. The molecule has 1 fully saturated rings. The van der Waals surface area contributed by atoms with Crippen molar-refractivity contribution in [2.45, 2.75) is 17.7 Å². The summed E-state index contributed by atoms with van der Waals surface area (Å²) in [5, 5.41) is 2.92. The summed E-state index contributed by atoms with van der Waals surface area (Å²) in [7, 11) is -2.16. The molecule has 1 unspecified atom stereocenters. The summed E-state index contributed by atoms with van der Waals surface area (Å²) >= 11 is 0. The number of sulfonamides is 1. The molecular formula is C26H25N3O5S. The number of amides is 1. The van der Waals surface area contributed by atoms with Gasteiger partial charge in [0, 0.05) is 24.3 Å².